The number of aryl methyl sites for hydroxylation is 2. The van der Waals surface area contributed by atoms with Gasteiger partial charge in [0.2, 0.25) is 0 Å². The molecule has 140 valence electrons. The number of Topliss-reactive ketones (excluding diaryl/α,β-unsaturated/α-hetero) is 1. The lowest BCUT2D eigenvalue weighted by molar-refractivity contribution is 0.101. The summed E-state index contributed by atoms with van der Waals surface area (Å²) in [5, 5.41) is 0.731. The first-order valence-electron chi connectivity index (χ1n) is 9.74. The van der Waals surface area contributed by atoms with Crippen molar-refractivity contribution in [3.63, 3.8) is 0 Å². The van der Waals surface area contributed by atoms with E-state index in [0.29, 0.717) is 0 Å². The van der Waals surface area contributed by atoms with E-state index < -0.39 is 0 Å². The second-order valence-corrected chi connectivity index (χ2v) is 7.88. The molecule has 4 aromatic rings. The summed E-state index contributed by atoms with van der Waals surface area (Å²) in [6.07, 6.45) is 5.36. The van der Waals surface area contributed by atoms with E-state index in [-0.39, 0.29) is 5.78 Å². The molecule has 0 saturated carbocycles. The standard InChI is InChI=1S/C24H21ClN2O/c1-16(28)23-22(18-7-3-2-4-8-18)20-9-5-6-14-26-21(15-27(23)24(20)26)17-10-12-19(25)13-11-17/h2-4,7-8,10-13,15H,5-6,9,14H2,1H3. The van der Waals surface area contributed by atoms with Crippen molar-refractivity contribution < 1.29 is 4.79 Å². The molecule has 0 aliphatic carbocycles. The molecule has 3 heterocycles. The topological polar surface area (TPSA) is 26.4 Å². The molecular weight excluding hydrogens is 368 g/mol. The SMILES string of the molecule is CC(=O)c1c(-c2ccccc2)c2c3n(c(-c4ccc(Cl)cc4)cn13)CCCC2. The third-order valence-electron chi connectivity index (χ3n) is 5.67. The molecule has 5 rings (SSSR count). The number of hydrogen-bond donors (Lipinski definition) is 0. The summed E-state index contributed by atoms with van der Waals surface area (Å²) >= 11 is 6.09. The molecule has 0 unspecified atom stereocenters. The smallest absolute Gasteiger partial charge is 0.177 e. The Balaban J connectivity index is 1.86. The first-order valence-corrected chi connectivity index (χ1v) is 10.1. The molecule has 0 atom stereocenters. The Bertz CT molecular complexity index is 1180. The number of carbonyl (C=O) groups is 1. The Labute approximate surface area is 169 Å². The van der Waals surface area contributed by atoms with Crippen molar-refractivity contribution >= 4 is 23.0 Å². The van der Waals surface area contributed by atoms with Gasteiger partial charge in [0.15, 0.2) is 5.78 Å². The average molecular weight is 389 g/mol. The fourth-order valence-corrected chi connectivity index (χ4v) is 4.62. The van der Waals surface area contributed by atoms with Crippen LogP contribution in [0.2, 0.25) is 5.02 Å². The number of benzene rings is 2. The van der Waals surface area contributed by atoms with Gasteiger partial charge in [-0.25, -0.2) is 0 Å². The van der Waals surface area contributed by atoms with Gasteiger partial charge in [-0.3, -0.25) is 9.20 Å². The van der Waals surface area contributed by atoms with Crippen LogP contribution in [0.4, 0.5) is 0 Å². The largest absolute Gasteiger partial charge is 0.325 e. The number of ketones is 1. The highest BCUT2D eigenvalue weighted by atomic mass is 35.5. The van der Waals surface area contributed by atoms with Gasteiger partial charge in [-0.05, 0) is 42.5 Å². The molecule has 0 spiro atoms. The minimum Gasteiger partial charge on any atom is -0.325 e. The van der Waals surface area contributed by atoms with Crippen molar-refractivity contribution in [1.29, 1.82) is 0 Å². The molecule has 1 aliphatic heterocycles. The van der Waals surface area contributed by atoms with Crippen LogP contribution in [0.3, 0.4) is 0 Å². The summed E-state index contributed by atoms with van der Waals surface area (Å²) in [6.45, 7) is 2.63. The Kier molecular flexibility index (Phi) is 4.13. The molecule has 1 aliphatic rings. The molecule has 2 aromatic heterocycles. The van der Waals surface area contributed by atoms with Gasteiger partial charge in [0.05, 0.1) is 11.4 Å². The molecule has 0 bridgehead atoms. The van der Waals surface area contributed by atoms with Crippen LogP contribution in [0.1, 0.15) is 35.8 Å². The van der Waals surface area contributed by atoms with Crippen LogP contribution in [-0.2, 0) is 13.0 Å². The maximum Gasteiger partial charge on any atom is 0.177 e. The number of rotatable bonds is 3. The van der Waals surface area contributed by atoms with Crippen molar-refractivity contribution in [2.45, 2.75) is 32.7 Å². The van der Waals surface area contributed by atoms with Crippen LogP contribution < -0.4 is 0 Å². The summed E-state index contributed by atoms with van der Waals surface area (Å²) in [7, 11) is 0. The molecule has 2 aromatic carbocycles. The van der Waals surface area contributed by atoms with Gasteiger partial charge in [0, 0.05) is 35.8 Å². The van der Waals surface area contributed by atoms with E-state index in [9.17, 15) is 4.79 Å². The monoisotopic (exact) mass is 388 g/mol. The Morgan fingerprint density at radius 3 is 2.43 bits per heavy atom. The maximum absolute atomic E-state index is 12.7. The van der Waals surface area contributed by atoms with Crippen LogP contribution in [0.5, 0.6) is 0 Å². The average Bonchev–Trinajstić information content (AvgIpc) is 3.12. The maximum atomic E-state index is 12.7. The van der Waals surface area contributed by atoms with Crippen molar-refractivity contribution in [1.82, 2.24) is 8.97 Å². The minimum atomic E-state index is 0.0977. The van der Waals surface area contributed by atoms with Crippen molar-refractivity contribution in [3.8, 4) is 22.4 Å². The fraction of sp³-hybridized carbons (Fsp3) is 0.208. The zero-order valence-electron chi connectivity index (χ0n) is 15.8. The molecular formula is C24H21ClN2O. The van der Waals surface area contributed by atoms with Crippen LogP contribution in [0, 0.1) is 0 Å². The molecule has 3 nitrogen and oxygen atoms in total. The van der Waals surface area contributed by atoms with Gasteiger partial charge < -0.3 is 4.57 Å². The zero-order valence-corrected chi connectivity index (χ0v) is 16.5. The van der Waals surface area contributed by atoms with Crippen molar-refractivity contribution in [2.75, 3.05) is 0 Å². The van der Waals surface area contributed by atoms with Crippen LogP contribution in [0.15, 0.2) is 60.8 Å². The summed E-state index contributed by atoms with van der Waals surface area (Å²) in [5.41, 5.74) is 7.70. The van der Waals surface area contributed by atoms with Gasteiger partial charge in [0.1, 0.15) is 5.65 Å². The number of nitrogens with zero attached hydrogens (tertiary/aromatic N) is 2. The minimum absolute atomic E-state index is 0.0977. The van der Waals surface area contributed by atoms with Gasteiger partial charge in [-0.15, -0.1) is 0 Å². The lowest BCUT2D eigenvalue weighted by Gasteiger charge is -2.09. The first kappa shape index (κ1) is 17.3. The first-order chi connectivity index (χ1) is 13.6. The number of halogens is 1. The lowest BCUT2D eigenvalue weighted by Crippen LogP contribution is -2.00. The van der Waals surface area contributed by atoms with Crippen molar-refractivity contribution in [3.05, 3.63) is 77.1 Å². The normalized spacial score (nSPS) is 13.6. The van der Waals surface area contributed by atoms with Gasteiger partial charge in [-0.1, -0.05) is 54.1 Å². The number of hydrogen-bond acceptors (Lipinski definition) is 1. The summed E-state index contributed by atoms with van der Waals surface area (Å²) in [4.78, 5) is 12.7. The van der Waals surface area contributed by atoms with E-state index in [4.69, 9.17) is 11.6 Å². The van der Waals surface area contributed by atoms with E-state index in [0.717, 1.165) is 64.6 Å². The number of imidazole rings is 1. The summed E-state index contributed by atoms with van der Waals surface area (Å²) in [5.74, 6) is 0.0977. The molecule has 0 saturated heterocycles. The molecule has 28 heavy (non-hydrogen) atoms. The second-order valence-electron chi connectivity index (χ2n) is 7.45. The Hall–Kier alpha value is -2.78. The van der Waals surface area contributed by atoms with Gasteiger partial charge in [-0.2, -0.15) is 0 Å². The van der Waals surface area contributed by atoms with Crippen LogP contribution >= 0.6 is 11.6 Å². The molecule has 0 amide bonds. The highest BCUT2D eigenvalue weighted by molar-refractivity contribution is 6.30. The van der Waals surface area contributed by atoms with Gasteiger partial charge in [0.25, 0.3) is 0 Å². The lowest BCUT2D eigenvalue weighted by atomic mass is 9.97. The molecule has 0 fully saturated rings. The van der Waals surface area contributed by atoms with Gasteiger partial charge >= 0.3 is 0 Å². The quantitative estimate of drug-likeness (QED) is 0.380. The predicted molar refractivity (Wildman–Crippen MR) is 114 cm³/mol. The third-order valence-corrected chi connectivity index (χ3v) is 5.92. The third kappa shape index (κ3) is 2.61. The summed E-state index contributed by atoms with van der Waals surface area (Å²) in [6, 6.07) is 18.3. The predicted octanol–water partition coefficient (Wildman–Crippen LogP) is 6.27. The summed E-state index contributed by atoms with van der Waals surface area (Å²) < 4.78 is 4.50. The van der Waals surface area contributed by atoms with E-state index in [1.165, 1.54) is 5.56 Å². The Morgan fingerprint density at radius 2 is 1.71 bits per heavy atom. The zero-order chi connectivity index (χ0) is 19.3. The van der Waals surface area contributed by atoms with Crippen molar-refractivity contribution in [2.24, 2.45) is 0 Å². The van der Waals surface area contributed by atoms with E-state index >= 15 is 0 Å². The number of carbonyl (C=O) groups excluding carboxylic acids is 1. The molecule has 4 heteroatoms. The number of aromatic nitrogens is 2. The highest BCUT2D eigenvalue weighted by Gasteiger charge is 2.27. The molecule has 0 radical (unpaired) electrons. The van der Waals surface area contributed by atoms with Crippen LogP contribution in [-0.4, -0.2) is 14.8 Å². The van der Waals surface area contributed by atoms with E-state index in [1.807, 2.05) is 30.3 Å². The highest BCUT2D eigenvalue weighted by Crippen LogP contribution is 2.39. The second kappa shape index (κ2) is 6.68. The fourth-order valence-electron chi connectivity index (χ4n) is 4.50. The van der Waals surface area contributed by atoms with Crippen LogP contribution in [0.25, 0.3) is 28.0 Å². The van der Waals surface area contributed by atoms with E-state index in [1.54, 1.807) is 6.92 Å². The molecule has 0 N–H and O–H groups in total. The Morgan fingerprint density at radius 1 is 0.964 bits per heavy atom. The van der Waals surface area contributed by atoms with E-state index in [2.05, 4.69) is 39.4 Å².